The number of ether oxygens (including phenoxy) is 1. The van der Waals surface area contributed by atoms with E-state index in [1.807, 2.05) is 6.92 Å². The van der Waals surface area contributed by atoms with Crippen LogP contribution in [0.25, 0.3) is 0 Å². The van der Waals surface area contributed by atoms with Gasteiger partial charge < -0.3 is 10.5 Å². The number of carbonyl (C=O) groups is 1. The van der Waals surface area contributed by atoms with E-state index in [4.69, 9.17) is 10.5 Å². The number of hydrogen-bond acceptors (Lipinski definition) is 5. The Kier molecular flexibility index (Phi) is 4.34. The molecule has 0 aliphatic heterocycles. The molecule has 0 saturated carbocycles. The fourth-order valence-corrected chi connectivity index (χ4v) is 1.81. The van der Waals surface area contributed by atoms with Crippen molar-refractivity contribution in [2.75, 3.05) is 5.73 Å². The summed E-state index contributed by atoms with van der Waals surface area (Å²) in [6, 6.07) is 5.07. The van der Waals surface area contributed by atoms with Crippen molar-refractivity contribution in [1.82, 2.24) is 14.8 Å². The molecule has 1 aromatic heterocycles. The summed E-state index contributed by atoms with van der Waals surface area (Å²) < 4.78 is 6.99. The van der Waals surface area contributed by atoms with Gasteiger partial charge >= 0.3 is 5.97 Å². The lowest BCUT2D eigenvalue weighted by Crippen LogP contribution is -2.11. The molecule has 6 heteroatoms. The Hall–Kier alpha value is -2.37. The molecule has 2 aromatic rings. The van der Waals surface area contributed by atoms with Gasteiger partial charge in [0.2, 0.25) is 0 Å². The highest BCUT2D eigenvalue weighted by Crippen LogP contribution is 2.14. The van der Waals surface area contributed by atoms with Crippen LogP contribution in [0.5, 0.6) is 0 Å². The van der Waals surface area contributed by atoms with Gasteiger partial charge in [0.05, 0.1) is 5.56 Å². The van der Waals surface area contributed by atoms with E-state index >= 15 is 0 Å². The Morgan fingerprint density at radius 1 is 1.45 bits per heavy atom. The zero-order valence-electron chi connectivity index (χ0n) is 11.7. The number of anilines is 1. The van der Waals surface area contributed by atoms with Gasteiger partial charge in [0.15, 0.2) is 12.4 Å². The van der Waals surface area contributed by atoms with Crippen molar-refractivity contribution in [1.29, 1.82) is 0 Å². The van der Waals surface area contributed by atoms with Gasteiger partial charge in [-0.25, -0.2) is 14.5 Å². The Bertz CT molecular complexity index is 607. The smallest absolute Gasteiger partial charge is 0.338 e. The van der Waals surface area contributed by atoms with Crippen molar-refractivity contribution in [3.05, 3.63) is 41.5 Å². The van der Waals surface area contributed by atoms with E-state index < -0.39 is 0 Å². The second-order valence-electron chi connectivity index (χ2n) is 4.55. The molecule has 0 aliphatic carbocycles. The summed E-state index contributed by atoms with van der Waals surface area (Å²) in [6.45, 7) is 4.77. The molecular formula is C14H18N4O2. The average molecular weight is 274 g/mol. The molecule has 0 fully saturated rings. The summed E-state index contributed by atoms with van der Waals surface area (Å²) in [4.78, 5) is 16.0. The maximum Gasteiger partial charge on any atom is 0.338 e. The van der Waals surface area contributed by atoms with Crippen molar-refractivity contribution in [3.8, 4) is 0 Å². The summed E-state index contributed by atoms with van der Waals surface area (Å²) in [7, 11) is 0. The van der Waals surface area contributed by atoms with Gasteiger partial charge in [-0.1, -0.05) is 6.92 Å². The van der Waals surface area contributed by atoms with E-state index in [1.54, 1.807) is 22.9 Å². The van der Waals surface area contributed by atoms with Gasteiger partial charge in [-0.05, 0) is 37.1 Å². The third-order valence-electron chi connectivity index (χ3n) is 2.97. The number of hydrogen-bond donors (Lipinski definition) is 1. The topological polar surface area (TPSA) is 83.0 Å². The molecule has 0 saturated heterocycles. The van der Waals surface area contributed by atoms with Gasteiger partial charge in [0.1, 0.15) is 6.33 Å². The van der Waals surface area contributed by atoms with Crippen molar-refractivity contribution in [3.63, 3.8) is 0 Å². The first-order chi connectivity index (χ1) is 9.61. The summed E-state index contributed by atoms with van der Waals surface area (Å²) in [6.07, 6.45) is 2.41. The number of nitrogens with zero attached hydrogens (tertiary/aromatic N) is 3. The molecular weight excluding hydrogens is 256 g/mol. The molecule has 0 bridgehead atoms. The molecule has 2 rings (SSSR count). The van der Waals surface area contributed by atoms with E-state index in [-0.39, 0.29) is 12.6 Å². The zero-order chi connectivity index (χ0) is 14.5. The molecule has 2 N–H and O–H groups in total. The van der Waals surface area contributed by atoms with Crippen LogP contribution < -0.4 is 5.73 Å². The van der Waals surface area contributed by atoms with Crippen LogP contribution in [0.1, 0.15) is 35.1 Å². The predicted octanol–water partition coefficient (Wildman–Crippen LogP) is 1.94. The van der Waals surface area contributed by atoms with Crippen LogP contribution in [0.15, 0.2) is 24.5 Å². The molecule has 0 atom stereocenters. The van der Waals surface area contributed by atoms with E-state index in [9.17, 15) is 4.79 Å². The van der Waals surface area contributed by atoms with Gasteiger partial charge in [-0.2, -0.15) is 5.10 Å². The van der Waals surface area contributed by atoms with Gasteiger partial charge in [-0.3, -0.25) is 0 Å². The minimum Gasteiger partial charge on any atom is -0.454 e. The van der Waals surface area contributed by atoms with Crippen molar-refractivity contribution in [2.45, 2.75) is 33.4 Å². The number of aryl methyl sites for hydroxylation is 2. The Morgan fingerprint density at radius 3 is 2.95 bits per heavy atom. The molecule has 0 amide bonds. The molecule has 106 valence electrons. The van der Waals surface area contributed by atoms with E-state index in [0.717, 1.165) is 18.5 Å². The van der Waals surface area contributed by atoms with E-state index in [2.05, 4.69) is 17.0 Å². The van der Waals surface area contributed by atoms with Crippen molar-refractivity contribution in [2.24, 2.45) is 0 Å². The number of esters is 1. The SMILES string of the molecule is CCCn1ncnc1COC(=O)c1ccc(N)c(C)c1. The van der Waals surface area contributed by atoms with Gasteiger partial charge in [0, 0.05) is 12.2 Å². The van der Waals surface area contributed by atoms with Crippen LogP contribution in [0, 0.1) is 6.92 Å². The monoisotopic (exact) mass is 274 g/mol. The van der Waals surface area contributed by atoms with Crippen LogP contribution in [0.2, 0.25) is 0 Å². The van der Waals surface area contributed by atoms with Crippen LogP contribution in [-0.4, -0.2) is 20.7 Å². The van der Waals surface area contributed by atoms with Crippen molar-refractivity contribution < 1.29 is 9.53 Å². The van der Waals surface area contributed by atoms with Gasteiger partial charge in [0.25, 0.3) is 0 Å². The summed E-state index contributed by atoms with van der Waals surface area (Å²) in [5.74, 6) is 0.256. The van der Waals surface area contributed by atoms with E-state index in [0.29, 0.717) is 17.1 Å². The Balaban J connectivity index is 2.01. The summed E-state index contributed by atoms with van der Waals surface area (Å²) in [5, 5.41) is 4.08. The number of aromatic nitrogens is 3. The van der Waals surface area contributed by atoms with Gasteiger partial charge in [-0.15, -0.1) is 0 Å². The molecule has 0 unspecified atom stereocenters. The number of nitrogen functional groups attached to an aromatic ring is 1. The third kappa shape index (κ3) is 3.14. The minimum absolute atomic E-state index is 0.113. The third-order valence-corrected chi connectivity index (χ3v) is 2.97. The maximum absolute atomic E-state index is 12.0. The lowest BCUT2D eigenvalue weighted by Gasteiger charge is -2.07. The quantitative estimate of drug-likeness (QED) is 0.665. The lowest BCUT2D eigenvalue weighted by molar-refractivity contribution is 0.0456. The number of benzene rings is 1. The molecule has 0 aliphatic rings. The normalized spacial score (nSPS) is 10.5. The molecule has 1 heterocycles. The fraction of sp³-hybridized carbons (Fsp3) is 0.357. The summed E-state index contributed by atoms with van der Waals surface area (Å²) in [5.41, 5.74) is 7.72. The average Bonchev–Trinajstić information content (AvgIpc) is 2.87. The van der Waals surface area contributed by atoms with Crippen LogP contribution >= 0.6 is 0 Å². The predicted molar refractivity (Wildman–Crippen MR) is 75.0 cm³/mol. The van der Waals surface area contributed by atoms with Crippen molar-refractivity contribution >= 4 is 11.7 Å². The molecule has 0 radical (unpaired) electrons. The summed E-state index contributed by atoms with van der Waals surface area (Å²) >= 11 is 0. The number of rotatable bonds is 5. The van der Waals surface area contributed by atoms with Crippen LogP contribution in [0.4, 0.5) is 5.69 Å². The Morgan fingerprint density at radius 2 is 2.25 bits per heavy atom. The zero-order valence-corrected chi connectivity index (χ0v) is 11.7. The first-order valence-electron chi connectivity index (χ1n) is 6.51. The van der Waals surface area contributed by atoms with Crippen LogP contribution in [0.3, 0.4) is 0 Å². The second-order valence-corrected chi connectivity index (χ2v) is 4.55. The first-order valence-corrected chi connectivity index (χ1v) is 6.51. The lowest BCUT2D eigenvalue weighted by atomic mass is 10.1. The van der Waals surface area contributed by atoms with Crippen LogP contribution in [-0.2, 0) is 17.9 Å². The molecule has 1 aromatic carbocycles. The highest BCUT2D eigenvalue weighted by atomic mass is 16.5. The maximum atomic E-state index is 12.0. The second kappa shape index (κ2) is 6.18. The standard InChI is InChI=1S/C14H18N4O2/c1-3-6-18-13(16-9-17-18)8-20-14(19)11-4-5-12(15)10(2)7-11/h4-5,7,9H,3,6,8,15H2,1-2H3. The highest BCUT2D eigenvalue weighted by Gasteiger charge is 2.11. The molecule has 20 heavy (non-hydrogen) atoms. The fourth-order valence-electron chi connectivity index (χ4n) is 1.81. The number of nitrogens with two attached hydrogens (primary N) is 1. The highest BCUT2D eigenvalue weighted by molar-refractivity contribution is 5.90. The number of carbonyl (C=O) groups excluding carboxylic acids is 1. The molecule has 0 spiro atoms. The largest absolute Gasteiger partial charge is 0.454 e. The first kappa shape index (κ1) is 14.0. The van der Waals surface area contributed by atoms with E-state index in [1.165, 1.54) is 6.33 Å². The molecule has 6 nitrogen and oxygen atoms in total. The minimum atomic E-state index is -0.390. The Labute approximate surface area is 117 Å².